The summed E-state index contributed by atoms with van der Waals surface area (Å²) in [6, 6.07) is 12.3. The van der Waals surface area contributed by atoms with E-state index in [4.69, 9.17) is 10.1 Å². The minimum atomic E-state index is 0.00407. The summed E-state index contributed by atoms with van der Waals surface area (Å²) < 4.78 is 1.76. The van der Waals surface area contributed by atoms with E-state index in [9.17, 15) is 4.79 Å². The van der Waals surface area contributed by atoms with Crippen molar-refractivity contribution in [2.45, 2.75) is 38.0 Å². The first-order chi connectivity index (χ1) is 15.1. The number of fused-ring (bicyclic) bond motifs is 3. The zero-order chi connectivity index (χ0) is 21.0. The number of rotatable bonds is 2. The van der Waals surface area contributed by atoms with Gasteiger partial charge in [0.15, 0.2) is 0 Å². The molecule has 8 heteroatoms. The van der Waals surface area contributed by atoms with Gasteiger partial charge in [0, 0.05) is 29.6 Å². The van der Waals surface area contributed by atoms with Crippen molar-refractivity contribution in [2.24, 2.45) is 0 Å². The van der Waals surface area contributed by atoms with Gasteiger partial charge >= 0.3 is 0 Å². The summed E-state index contributed by atoms with van der Waals surface area (Å²) in [7, 11) is 0. The molecule has 1 aliphatic heterocycles. The summed E-state index contributed by atoms with van der Waals surface area (Å²) in [5.74, 6) is 0.708. The van der Waals surface area contributed by atoms with Crippen molar-refractivity contribution < 1.29 is 0 Å². The number of hydrogen-bond donors (Lipinski definition) is 1. The summed E-state index contributed by atoms with van der Waals surface area (Å²) in [6.45, 7) is 3.63. The standard InChI is InChI=1S/C23H23N7O/c1-15-25-20-17(22(31)26-15)7-8-23(20)9-11-29(12-10-23)19-13-18(16-5-3-2-4-6-16)28-30-14-24-27-21(19)30/h2-6,13-14H,7-12H2,1H3,(H,25,26,31). The van der Waals surface area contributed by atoms with E-state index in [1.807, 2.05) is 25.1 Å². The van der Waals surface area contributed by atoms with Gasteiger partial charge in [-0.1, -0.05) is 30.3 Å². The van der Waals surface area contributed by atoms with Gasteiger partial charge in [0.05, 0.1) is 17.1 Å². The van der Waals surface area contributed by atoms with E-state index < -0.39 is 0 Å². The fourth-order valence-electron chi connectivity index (χ4n) is 5.22. The van der Waals surface area contributed by atoms with Crippen LogP contribution in [0.3, 0.4) is 0 Å². The molecule has 1 aliphatic carbocycles. The number of hydrogen-bond acceptors (Lipinski definition) is 6. The lowest BCUT2D eigenvalue weighted by Crippen LogP contribution is -2.42. The number of H-pyrrole nitrogens is 1. The van der Waals surface area contributed by atoms with Crippen LogP contribution in [-0.2, 0) is 11.8 Å². The summed E-state index contributed by atoms with van der Waals surface area (Å²) in [4.78, 5) is 22.4. The largest absolute Gasteiger partial charge is 0.368 e. The maximum Gasteiger partial charge on any atom is 0.254 e. The molecule has 1 aromatic carbocycles. The van der Waals surface area contributed by atoms with Crippen molar-refractivity contribution in [1.29, 1.82) is 0 Å². The second-order valence-electron chi connectivity index (χ2n) is 8.63. The van der Waals surface area contributed by atoms with Crippen molar-refractivity contribution in [3.05, 3.63) is 70.2 Å². The highest BCUT2D eigenvalue weighted by Gasteiger charge is 2.44. The topological polar surface area (TPSA) is 92.1 Å². The third-order valence-electron chi connectivity index (χ3n) is 6.87. The van der Waals surface area contributed by atoms with E-state index in [1.165, 1.54) is 0 Å². The molecule has 1 saturated heterocycles. The quantitative estimate of drug-likeness (QED) is 0.543. The number of nitrogens with zero attached hydrogens (tertiary/aromatic N) is 6. The Kier molecular flexibility index (Phi) is 3.96. The van der Waals surface area contributed by atoms with Crippen LogP contribution >= 0.6 is 0 Å². The Labute approximate surface area is 179 Å². The average molecular weight is 413 g/mol. The third-order valence-corrected chi connectivity index (χ3v) is 6.87. The highest BCUT2D eigenvalue weighted by atomic mass is 16.1. The lowest BCUT2D eigenvalue weighted by atomic mass is 9.76. The Hall–Kier alpha value is -3.55. The van der Waals surface area contributed by atoms with Gasteiger partial charge in [-0.25, -0.2) is 4.98 Å². The van der Waals surface area contributed by atoms with Crippen LogP contribution in [0.15, 0.2) is 47.5 Å². The zero-order valence-corrected chi connectivity index (χ0v) is 17.4. The van der Waals surface area contributed by atoms with Crippen molar-refractivity contribution >= 4 is 11.3 Å². The Bertz CT molecular complexity index is 1330. The minimum absolute atomic E-state index is 0.00407. The van der Waals surface area contributed by atoms with Gasteiger partial charge in [0.2, 0.25) is 5.65 Å². The first-order valence-corrected chi connectivity index (χ1v) is 10.7. The van der Waals surface area contributed by atoms with Crippen LogP contribution in [-0.4, -0.2) is 42.9 Å². The maximum atomic E-state index is 12.4. The van der Waals surface area contributed by atoms with Crippen molar-refractivity contribution in [3.8, 4) is 11.3 Å². The van der Waals surface area contributed by atoms with Crippen LogP contribution in [0.4, 0.5) is 5.69 Å². The number of aromatic amines is 1. The SMILES string of the molecule is Cc1nc2c(c(=O)[nH]1)CCC21CCN(c2cc(-c3ccccc3)nn3cnnc23)CC1. The van der Waals surface area contributed by atoms with Gasteiger partial charge in [-0.15, -0.1) is 10.2 Å². The molecule has 0 atom stereocenters. The van der Waals surface area contributed by atoms with Gasteiger partial charge in [0.1, 0.15) is 12.2 Å². The summed E-state index contributed by atoms with van der Waals surface area (Å²) in [6.07, 6.45) is 5.42. The molecule has 4 heterocycles. The van der Waals surface area contributed by atoms with Crippen molar-refractivity contribution in [3.63, 3.8) is 0 Å². The molecule has 8 nitrogen and oxygen atoms in total. The van der Waals surface area contributed by atoms with E-state index in [0.717, 1.165) is 72.6 Å². The molecule has 6 rings (SSSR count). The molecule has 0 bridgehead atoms. The highest BCUT2D eigenvalue weighted by Crippen LogP contribution is 2.45. The minimum Gasteiger partial charge on any atom is -0.368 e. The zero-order valence-electron chi connectivity index (χ0n) is 17.4. The van der Waals surface area contributed by atoms with E-state index in [1.54, 1.807) is 10.8 Å². The summed E-state index contributed by atoms with van der Waals surface area (Å²) in [5.41, 5.74) is 5.74. The van der Waals surface area contributed by atoms with Crippen LogP contribution in [0.5, 0.6) is 0 Å². The normalized spacial score (nSPS) is 17.4. The molecule has 1 fully saturated rings. The van der Waals surface area contributed by atoms with E-state index in [0.29, 0.717) is 5.82 Å². The number of aromatic nitrogens is 6. The lowest BCUT2D eigenvalue weighted by Gasteiger charge is -2.40. The predicted octanol–water partition coefficient (Wildman–Crippen LogP) is 2.67. The Balaban J connectivity index is 1.35. The van der Waals surface area contributed by atoms with Crippen LogP contribution in [0.1, 0.15) is 36.3 Å². The molecule has 4 aromatic rings. The van der Waals surface area contributed by atoms with Gasteiger partial charge < -0.3 is 9.88 Å². The molecule has 0 unspecified atom stereocenters. The second-order valence-corrected chi connectivity index (χ2v) is 8.63. The van der Waals surface area contributed by atoms with Gasteiger partial charge in [0.25, 0.3) is 5.56 Å². The second kappa shape index (κ2) is 6.73. The fourth-order valence-corrected chi connectivity index (χ4v) is 5.22. The van der Waals surface area contributed by atoms with E-state index in [-0.39, 0.29) is 11.0 Å². The number of benzene rings is 1. The first kappa shape index (κ1) is 18.2. The maximum absolute atomic E-state index is 12.4. The molecule has 0 amide bonds. The predicted molar refractivity (Wildman–Crippen MR) is 117 cm³/mol. The molecule has 3 aromatic heterocycles. The highest BCUT2D eigenvalue weighted by molar-refractivity contribution is 5.74. The van der Waals surface area contributed by atoms with Gasteiger partial charge in [-0.2, -0.15) is 9.61 Å². The molecule has 2 aliphatic rings. The Morgan fingerprint density at radius 3 is 2.71 bits per heavy atom. The van der Waals surface area contributed by atoms with Crippen LogP contribution in [0, 0.1) is 6.92 Å². The number of piperidine rings is 1. The molecule has 0 saturated carbocycles. The number of aryl methyl sites for hydroxylation is 1. The third kappa shape index (κ3) is 2.85. The van der Waals surface area contributed by atoms with Crippen molar-refractivity contribution in [2.75, 3.05) is 18.0 Å². The average Bonchev–Trinajstić information content (AvgIpc) is 3.40. The molecule has 156 valence electrons. The summed E-state index contributed by atoms with van der Waals surface area (Å²) >= 11 is 0. The molecule has 1 spiro atoms. The molecular weight excluding hydrogens is 390 g/mol. The van der Waals surface area contributed by atoms with Crippen LogP contribution in [0.25, 0.3) is 16.9 Å². The monoisotopic (exact) mass is 413 g/mol. The van der Waals surface area contributed by atoms with Gasteiger partial charge in [-0.05, 0) is 38.7 Å². The van der Waals surface area contributed by atoms with Crippen LogP contribution < -0.4 is 10.5 Å². The Morgan fingerprint density at radius 1 is 1.10 bits per heavy atom. The lowest BCUT2D eigenvalue weighted by molar-refractivity contribution is 0.322. The van der Waals surface area contributed by atoms with E-state index in [2.05, 4.69) is 38.3 Å². The molecule has 31 heavy (non-hydrogen) atoms. The van der Waals surface area contributed by atoms with Crippen molar-refractivity contribution in [1.82, 2.24) is 29.8 Å². The smallest absolute Gasteiger partial charge is 0.254 e. The summed E-state index contributed by atoms with van der Waals surface area (Å²) in [5, 5.41) is 13.1. The molecular formula is C23H23N7O. The van der Waals surface area contributed by atoms with E-state index >= 15 is 0 Å². The number of anilines is 1. The van der Waals surface area contributed by atoms with Crippen LogP contribution in [0.2, 0.25) is 0 Å². The first-order valence-electron chi connectivity index (χ1n) is 10.7. The van der Waals surface area contributed by atoms with Gasteiger partial charge in [-0.3, -0.25) is 4.79 Å². The molecule has 0 radical (unpaired) electrons. The molecule has 1 N–H and O–H groups in total. The number of nitrogens with one attached hydrogen (secondary N) is 1. The Morgan fingerprint density at radius 2 is 1.90 bits per heavy atom. The fraction of sp³-hybridized carbons (Fsp3) is 0.348.